The van der Waals surface area contributed by atoms with Crippen LogP contribution in [0.1, 0.15) is 113 Å². The van der Waals surface area contributed by atoms with Crippen LogP contribution in [0.25, 0.3) is 10.2 Å². The highest BCUT2D eigenvalue weighted by Crippen LogP contribution is 2.35. The van der Waals surface area contributed by atoms with Gasteiger partial charge < -0.3 is 20.3 Å². The first kappa shape index (κ1) is 27.4. The minimum Gasteiger partial charge on any atom is -0.444 e. The first-order chi connectivity index (χ1) is 18.2. The molecule has 2 aromatic rings. The average Bonchev–Trinajstić information content (AvgIpc) is 3.45. The number of amides is 2. The Morgan fingerprint density at radius 3 is 2.24 bits per heavy atom. The molecular formula is C29H45N5O3S. The number of nitrogens with one attached hydrogen (secondary N) is 2. The molecule has 0 aromatic carbocycles. The van der Waals surface area contributed by atoms with Gasteiger partial charge in [0.25, 0.3) is 5.91 Å². The lowest BCUT2D eigenvalue weighted by Gasteiger charge is -2.41. The summed E-state index contributed by atoms with van der Waals surface area (Å²) in [5.41, 5.74) is 0.566. The third-order valence-electron chi connectivity index (χ3n) is 8.51. The van der Waals surface area contributed by atoms with Crippen molar-refractivity contribution in [3.8, 4) is 0 Å². The summed E-state index contributed by atoms with van der Waals surface area (Å²) in [6.07, 6.45) is 12.1. The zero-order valence-electron chi connectivity index (χ0n) is 23.6. The standard InChI is InChI=1S/C29H45N5O3S/c1-19-24-18-25(38-27(24)34(32-19)23-8-6-5-7-9-23)26(35)30-20-10-12-22(13-11-20)33-16-14-21(15-17-33)31-28(36)37-29(2,3)4/h18,20-23H,5-17H2,1-4H3,(H,30,35)(H,31,36). The lowest BCUT2D eigenvalue weighted by molar-refractivity contribution is 0.0455. The second-order valence-electron chi connectivity index (χ2n) is 12.6. The van der Waals surface area contributed by atoms with Crippen molar-refractivity contribution in [1.82, 2.24) is 25.3 Å². The van der Waals surface area contributed by atoms with Crippen LogP contribution in [-0.2, 0) is 4.74 Å². The van der Waals surface area contributed by atoms with Crippen LogP contribution in [0, 0.1) is 6.92 Å². The van der Waals surface area contributed by atoms with Crippen molar-refractivity contribution in [1.29, 1.82) is 0 Å². The van der Waals surface area contributed by atoms with Crippen molar-refractivity contribution in [2.75, 3.05) is 13.1 Å². The van der Waals surface area contributed by atoms with Gasteiger partial charge in [-0.3, -0.25) is 9.48 Å². The molecule has 3 heterocycles. The van der Waals surface area contributed by atoms with Gasteiger partial charge in [0, 0.05) is 36.6 Å². The molecule has 0 bridgehead atoms. The lowest BCUT2D eigenvalue weighted by atomic mass is 9.88. The maximum atomic E-state index is 13.2. The van der Waals surface area contributed by atoms with Crippen molar-refractivity contribution >= 4 is 33.6 Å². The van der Waals surface area contributed by atoms with Gasteiger partial charge in [0.15, 0.2) is 0 Å². The predicted octanol–water partition coefficient (Wildman–Crippen LogP) is 5.94. The fourth-order valence-corrected chi connectivity index (χ4v) is 7.62. The predicted molar refractivity (Wildman–Crippen MR) is 152 cm³/mol. The Morgan fingerprint density at radius 2 is 1.58 bits per heavy atom. The van der Waals surface area contributed by atoms with E-state index in [1.165, 1.54) is 32.1 Å². The van der Waals surface area contributed by atoms with Crippen molar-refractivity contribution in [2.24, 2.45) is 0 Å². The Morgan fingerprint density at radius 1 is 0.921 bits per heavy atom. The maximum absolute atomic E-state index is 13.2. The highest BCUT2D eigenvalue weighted by Gasteiger charge is 2.31. The second-order valence-corrected chi connectivity index (χ2v) is 13.6. The summed E-state index contributed by atoms with van der Waals surface area (Å²) in [7, 11) is 0. The Bertz CT molecular complexity index is 1110. The van der Waals surface area contributed by atoms with Crippen LogP contribution in [0.3, 0.4) is 0 Å². The Labute approximate surface area is 230 Å². The maximum Gasteiger partial charge on any atom is 0.407 e. The zero-order chi connectivity index (χ0) is 26.9. The summed E-state index contributed by atoms with van der Waals surface area (Å²) in [5, 5.41) is 12.3. The molecule has 0 unspecified atom stereocenters. The molecule has 2 aromatic heterocycles. The molecule has 210 valence electrons. The van der Waals surface area contributed by atoms with E-state index >= 15 is 0 Å². The van der Waals surface area contributed by atoms with Crippen LogP contribution in [0.2, 0.25) is 0 Å². The number of alkyl carbamates (subject to hydrolysis) is 1. The van der Waals surface area contributed by atoms with Gasteiger partial charge in [-0.1, -0.05) is 19.3 Å². The van der Waals surface area contributed by atoms with Crippen molar-refractivity contribution in [3.05, 3.63) is 16.6 Å². The van der Waals surface area contributed by atoms with E-state index in [9.17, 15) is 9.59 Å². The number of aromatic nitrogens is 2. The van der Waals surface area contributed by atoms with Gasteiger partial charge in [0.05, 0.1) is 16.6 Å². The first-order valence-electron chi connectivity index (χ1n) is 14.7. The summed E-state index contributed by atoms with van der Waals surface area (Å²) < 4.78 is 7.62. The topological polar surface area (TPSA) is 88.5 Å². The van der Waals surface area contributed by atoms with Gasteiger partial charge in [0.1, 0.15) is 10.4 Å². The lowest BCUT2D eigenvalue weighted by Crippen LogP contribution is -2.50. The summed E-state index contributed by atoms with van der Waals surface area (Å²) in [5.74, 6) is 0.0678. The number of thiophene rings is 1. The fraction of sp³-hybridized carbons (Fsp3) is 0.759. The molecule has 5 rings (SSSR count). The molecule has 0 spiro atoms. The molecule has 2 saturated carbocycles. The van der Waals surface area contributed by atoms with Crippen molar-refractivity contribution in [3.63, 3.8) is 0 Å². The van der Waals surface area contributed by atoms with Crippen molar-refractivity contribution in [2.45, 2.75) is 128 Å². The molecule has 38 heavy (non-hydrogen) atoms. The number of carbonyl (C=O) groups is 2. The van der Waals surface area contributed by atoms with Gasteiger partial charge in [-0.25, -0.2) is 4.79 Å². The highest BCUT2D eigenvalue weighted by molar-refractivity contribution is 7.20. The molecule has 0 radical (unpaired) electrons. The number of hydrogen-bond donors (Lipinski definition) is 2. The number of hydrogen-bond acceptors (Lipinski definition) is 6. The number of nitrogens with zero attached hydrogens (tertiary/aromatic N) is 3. The largest absolute Gasteiger partial charge is 0.444 e. The molecule has 9 heteroatoms. The molecule has 3 fully saturated rings. The molecule has 0 atom stereocenters. The van der Waals surface area contributed by atoms with Crippen LogP contribution in [0.5, 0.6) is 0 Å². The summed E-state index contributed by atoms with van der Waals surface area (Å²) >= 11 is 1.61. The van der Waals surface area contributed by atoms with Crippen LogP contribution < -0.4 is 10.6 Å². The van der Waals surface area contributed by atoms with E-state index in [2.05, 4.69) is 33.2 Å². The van der Waals surface area contributed by atoms with Crippen LogP contribution in [-0.4, -0.2) is 63.5 Å². The number of rotatable bonds is 5. The molecule has 8 nitrogen and oxygen atoms in total. The highest BCUT2D eigenvalue weighted by atomic mass is 32.1. The third-order valence-corrected chi connectivity index (χ3v) is 9.63. The Balaban J connectivity index is 1.08. The van der Waals surface area contributed by atoms with E-state index in [1.807, 2.05) is 20.8 Å². The van der Waals surface area contributed by atoms with Crippen LogP contribution >= 0.6 is 11.3 Å². The van der Waals surface area contributed by atoms with E-state index < -0.39 is 5.60 Å². The Kier molecular flexibility index (Phi) is 8.33. The van der Waals surface area contributed by atoms with E-state index in [4.69, 9.17) is 9.84 Å². The van der Waals surface area contributed by atoms with Gasteiger partial charge in [-0.2, -0.15) is 5.10 Å². The molecule has 1 aliphatic heterocycles. The quantitative estimate of drug-likeness (QED) is 0.487. The summed E-state index contributed by atoms with van der Waals surface area (Å²) in [6, 6.07) is 3.53. The van der Waals surface area contributed by atoms with Gasteiger partial charge in [-0.05, 0) is 85.1 Å². The van der Waals surface area contributed by atoms with Crippen molar-refractivity contribution < 1.29 is 14.3 Å². The molecular weight excluding hydrogens is 498 g/mol. The monoisotopic (exact) mass is 543 g/mol. The number of aryl methyl sites for hydroxylation is 1. The zero-order valence-corrected chi connectivity index (χ0v) is 24.4. The summed E-state index contributed by atoms with van der Waals surface area (Å²) in [6.45, 7) is 9.74. The molecule has 1 saturated heterocycles. The number of fused-ring (bicyclic) bond motifs is 1. The second kappa shape index (κ2) is 11.5. The normalized spacial score (nSPS) is 24.4. The first-order valence-corrected chi connectivity index (χ1v) is 15.5. The number of carbonyl (C=O) groups excluding carboxylic acids is 2. The molecule has 2 aliphatic carbocycles. The summed E-state index contributed by atoms with van der Waals surface area (Å²) in [4.78, 5) is 29.8. The average molecular weight is 544 g/mol. The van der Waals surface area contributed by atoms with E-state index in [0.29, 0.717) is 12.1 Å². The molecule has 2 amide bonds. The number of likely N-dealkylation sites (tertiary alicyclic amines) is 1. The minimum absolute atomic E-state index is 0.0678. The van der Waals surface area contributed by atoms with Gasteiger partial charge >= 0.3 is 6.09 Å². The van der Waals surface area contributed by atoms with Crippen LogP contribution in [0.15, 0.2) is 6.07 Å². The number of ether oxygens (including phenoxy) is 1. The third kappa shape index (κ3) is 6.53. The smallest absolute Gasteiger partial charge is 0.407 e. The van der Waals surface area contributed by atoms with Gasteiger partial charge in [0.2, 0.25) is 0 Å². The van der Waals surface area contributed by atoms with E-state index in [-0.39, 0.29) is 24.1 Å². The SMILES string of the molecule is Cc1nn(C2CCCCC2)c2sc(C(=O)NC3CCC(N4CCC(NC(=O)OC(C)(C)C)CC4)CC3)cc12. The Hall–Kier alpha value is -2.13. The van der Waals surface area contributed by atoms with Crippen LogP contribution in [0.4, 0.5) is 4.79 Å². The minimum atomic E-state index is -0.467. The van der Waals surface area contributed by atoms with E-state index in [1.54, 1.807) is 11.3 Å². The van der Waals surface area contributed by atoms with E-state index in [0.717, 1.165) is 72.4 Å². The molecule has 3 aliphatic rings. The fourth-order valence-electron chi connectivity index (χ4n) is 6.48. The van der Waals surface area contributed by atoms with Gasteiger partial charge in [-0.15, -0.1) is 11.3 Å². The number of piperidine rings is 1. The molecule has 2 N–H and O–H groups in total.